The number of nitrogens with two attached hydrogens (primary N) is 1. The van der Waals surface area contributed by atoms with Crippen LogP contribution in [0.4, 0.5) is 5.69 Å². The molecule has 1 aromatic rings. The average molecular weight is 393 g/mol. The molecule has 8 nitrogen and oxygen atoms in total. The predicted octanol–water partition coefficient (Wildman–Crippen LogP) is 0.364. The fourth-order valence-electron chi connectivity index (χ4n) is 3.54. The molecular weight excluding hydrogens is 370 g/mol. The molecule has 0 bridgehead atoms. The maximum Gasteiger partial charge on any atom is 0.251 e. The Hall–Kier alpha value is -2.42. The number of benzene rings is 1. The van der Waals surface area contributed by atoms with Gasteiger partial charge in [0.15, 0.2) is 9.84 Å². The molecule has 0 radical (unpaired) electrons. The Morgan fingerprint density at radius 1 is 1.15 bits per heavy atom. The summed E-state index contributed by atoms with van der Waals surface area (Å²) in [5.41, 5.74) is 6.35. The number of sulfone groups is 1. The highest BCUT2D eigenvalue weighted by Crippen LogP contribution is 2.23. The first-order chi connectivity index (χ1) is 12.8. The van der Waals surface area contributed by atoms with Crippen LogP contribution in [-0.2, 0) is 19.4 Å². The predicted molar refractivity (Wildman–Crippen MR) is 99.9 cm³/mol. The van der Waals surface area contributed by atoms with Gasteiger partial charge in [-0.1, -0.05) is 0 Å². The number of hydrogen-bond donors (Lipinski definition) is 2. The van der Waals surface area contributed by atoms with E-state index in [9.17, 15) is 22.8 Å². The first-order valence-corrected chi connectivity index (χ1v) is 10.7. The van der Waals surface area contributed by atoms with E-state index < -0.39 is 27.0 Å². The molecule has 2 heterocycles. The van der Waals surface area contributed by atoms with Gasteiger partial charge < -0.3 is 16.0 Å². The molecule has 146 valence electrons. The molecule has 2 saturated heterocycles. The summed E-state index contributed by atoms with van der Waals surface area (Å²) in [5, 5.41) is 1.51. The number of carbonyl (C=O) groups excluding carboxylic acids is 3. The number of carbonyl (C=O) groups is 3. The van der Waals surface area contributed by atoms with Crippen molar-refractivity contribution in [2.24, 2.45) is 5.73 Å². The van der Waals surface area contributed by atoms with Gasteiger partial charge in [-0.2, -0.15) is 0 Å². The molecule has 0 saturated carbocycles. The molecule has 9 heteroatoms. The van der Waals surface area contributed by atoms with Crippen molar-refractivity contribution in [2.45, 2.75) is 43.4 Å². The zero-order valence-electron chi connectivity index (χ0n) is 14.9. The summed E-state index contributed by atoms with van der Waals surface area (Å²) in [5.74, 6) is -1.33. The third-order valence-electron chi connectivity index (χ3n) is 5.10. The summed E-state index contributed by atoms with van der Waals surface area (Å²) >= 11 is 0. The molecule has 27 heavy (non-hydrogen) atoms. The highest BCUT2D eigenvalue weighted by atomic mass is 32.2. The molecule has 3 N–H and O–H groups in total. The number of anilines is 1. The lowest BCUT2D eigenvalue weighted by atomic mass is 10.1. The van der Waals surface area contributed by atoms with Crippen molar-refractivity contribution in [3.05, 3.63) is 29.8 Å². The topological polar surface area (TPSA) is 127 Å². The van der Waals surface area contributed by atoms with E-state index in [1.54, 1.807) is 29.2 Å². The Bertz CT molecular complexity index is 850. The van der Waals surface area contributed by atoms with E-state index in [1.807, 2.05) is 0 Å². The van der Waals surface area contributed by atoms with Crippen LogP contribution in [0.5, 0.6) is 0 Å². The van der Waals surface area contributed by atoms with E-state index in [4.69, 9.17) is 5.73 Å². The number of nitrogens with one attached hydrogen (secondary N) is 1. The summed E-state index contributed by atoms with van der Waals surface area (Å²) in [7, 11) is -3.54. The quantitative estimate of drug-likeness (QED) is 0.764. The fourth-order valence-corrected chi connectivity index (χ4v) is 5.31. The zero-order chi connectivity index (χ0) is 19.6. The minimum absolute atomic E-state index is 0.0101. The smallest absolute Gasteiger partial charge is 0.251 e. The first-order valence-electron chi connectivity index (χ1n) is 9.00. The second-order valence-electron chi connectivity index (χ2n) is 7.00. The molecule has 2 aliphatic heterocycles. The Kier molecular flexibility index (Phi) is 5.50. The van der Waals surface area contributed by atoms with Gasteiger partial charge in [0.05, 0.1) is 5.75 Å². The van der Waals surface area contributed by atoms with Crippen LogP contribution in [0, 0.1) is 0 Å². The van der Waals surface area contributed by atoms with E-state index in [2.05, 4.69) is 5.32 Å². The maximum atomic E-state index is 12.4. The fraction of sp³-hybridized carbons (Fsp3) is 0.500. The summed E-state index contributed by atoms with van der Waals surface area (Å²) in [6, 6.07) is 6.31. The van der Waals surface area contributed by atoms with Crippen molar-refractivity contribution in [3.63, 3.8) is 0 Å². The van der Waals surface area contributed by atoms with Gasteiger partial charge >= 0.3 is 0 Å². The lowest BCUT2D eigenvalue weighted by Gasteiger charge is -2.28. The standard InChI is InChI=1S/C18H23N3O5S/c19-17(23)15-11-13(8-10-27(15,25)26)20-18(24)12-4-6-14(7-5-12)21-9-2-1-3-16(21)22/h4-7,13,15H,1-3,8-11H2,(H2,19,23)(H,20,24). The molecule has 0 spiro atoms. The van der Waals surface area contributed by atoms with Crippen LogP contribution in [-0.4, -0.2) is 49.7 Å². The third kappa shape index (κ3) is 4.29. The molecule has 3 amide bonds. The van der Waals surface area contributed by atoms with Crippen LogP contribution in [0.3, 0.4) is 0 Å². The van der Waals surface area contributed by atoms with Crippen molar-refractivity contribution in [1.29, 1.82) is 0 Å². The molecule has 2 aliphatic rings. The van der Waals surface area contributed by atoms with E-state index in [0.717, 1.165) is 18.5 Å². The maximum absolute atomic E-state index is 12.4. The lowest BCUT2D eigenvalue weighted by molar-refractivity contribution is -0.119. The third-order valence-corrected chi connectivity index (χ3v) is 7.20. The van der Waals surface area contributed by atoms with E-state index in [1.165, 1.54) is 0 Å². The highest BCUT2D eigenvalue weighted by Gasteiger charge is 2.38. The number of nitrogens with zero attached hydrogens (tertiary/aromatic N) is 1. The van der Waals surface area contributed by atoms with Crippen molar-refractivity contribution in [3.8, 4) is 0 Å². The largest absolute Gasteiger partial charge is 0.369 e. The molecule has 0 aromatic heterocycles. The molecular formula is C18H23N3O5S. The Morgan fingerprint density at radius 2 is 1.85 bits per heavy atom. The number of rotatable bonds is 4. The van der Waals surface area contributed by atoms with Crippen LogP contribution in [0.2, 0.25) is 0 Å². The van der Waals surface area contributed by atoms with Gasteiger partial charge in [0, 0.05) is 30.3 Å². The monoisotopic (exact) mass is 393 g/mol. The molecule has 2 fully saturated rings. The van der Waals surface area contributed by atoms with E-state index in [-0.39, 0.29) is 30.4 Å². The van der Waals surface area contributed by atoms with Gasteiger partial charge in [0.1, 0.15) is 5.25 Å². The molecule has 0 aliphatic carbocycles. The number of piperidine rings is 1. The summed E-state index contributed by atoms with van der Waals surface area (Å²) in [6.07, 6.45) is 2.63. The Morgan fingerprint density at radius 3 is 2.48 bits per heavy atom. The number of amides is 3. The van der Waals surface area contributed by atoms with Gasteiger partial charge in [-0.15, -0.1) is 0 Å². The van der Waals surface area contributed by atoms with Crippen LogP contribution < -0.4 is 16.0 Å². The summed E-state index contributed by atoms with van der Waals surface area (Å²) < 4.78 is 23.8. The average Bonchev–Trinajstić information content (AvgIpc) is 2.63. The molecule has 2 atom stereocenters. The van der Waals surface area contributed by atoms with Gasteiger partial charge in [-0.3, -0.25) is 14.4 Å². The number of primary amides is 1. The van der Waals surface area contributed by atoms with Crippen LogP contribution in [0.1, 0.15) is 42.5 Å². The Balaban J connectivity index is 1.64. The van der Waals surface area contributed by atoms with Crippen LogP contribution in [0.15, 0.2) is 24.3 Å². The Labute approximate surface area is 158 Å². The van der Waals surface area contributed by atoms with Gasteiger partial charge in [-0.05, 0) is 49.9 Å². The zero-order valence-corrected chi connectivity index (χ0v) is 15.7. The van der Waals surface area contributed by atoms with Crippen molar-refractivity contribution < 1.29 is 22.8 Å². The minimum Gasteiger partial charge on any atom is -0.369 e. The molecule has 2 unspecified atom stereocenters. The van der Waals surface area contributed by atoms with Crippen LogP contribution in [0.25, 0.3) is 0 Å². The minimum atomic E-state index is -3.54. The molecule has 3 rings (SSSR count). The summed E-state index contributed by atoms with van der Waals surface area (Å²) in [4.78, 5) is 37.5. The second-order valence-corrected chi connectivity index (χ2v) is 9.31. The van der Waals surface area contributed by atoms with Crippen molar-refractivity contribution >= 4 is 33.2 Å². The SMILES string of the molecule is NC(=O)C1CC(NC(=O)c2ccc(N3CCCCC3=O)cc2)CCS1(=O)=O. The normalized spacial score (nSPS) is 25.0. The van der Waals surface area contributed by atoms with Crippen molar-refractivity contribution in [2.75, 3.05) is 17.2 Å². The molecule has 1 aromatic carbocycles. The van der Waals surface area contributed by atoms with Gasteiger partial charge in [0.25, 0.3) is 5.91 Å². The summed E-state index contributed by atoms with van der Waals surface area (Å²) in [6.45, 7) is 0.676. The van der Waals surface area contributed by atoms with Crippen LogP contribution >= 0.6 is 0 Å². The van der Waals surface area contributed by atoms with E-state index in [0.29, 0.717) is 18.5 Å². The highest BCUT2D eigenvalue weighted by molar-refractivity contribution is 7.92. The van der Waals surface area contributed by atoms with Crippen molar-refractivity contribution in [1.82, 2.24) is 5.32 Å². The lowest BCUT2D eigenvalue weighted by Crippen LogP contribution is -2.49. The number of hydrogen-bond acceptors (Lipinski definition) is 5. The van der Waals surface area contributed by atoms with Gasteiger partial charge in [-0.25, -0.2) is 8.42 Å². The van der Waals surface area contributed by atoms with Gasteiger partial charge in [0.2, 0.25) is 11.8 Å². The second kappa shape index (κ2) is 7.67. The first kappa shape index (κ1) is 19.3. The van der Waals surface area contributed by atoms with E-state index >= 15 is 0 Å².